The van der Waals surface area contributed by atoms with Crippen molar-refractivity contribution in [1.29, 1.82) is 0 Å². The van der Waals surface area contributed by atoms with Crippen molar-refractivity contribution in [3.8, 4) is 0 Å². The van der Waals surface area contributed by atoms with E-state index in [4.69, 9.17) is 14.5 Å². The smallest absolute Gasteiger partial charge is 0.191 e. The number of hydrogen-bond acceptors (Lipinski definition) is 3. The molecule has 5 heteroatoms. The van der Waals surface area contributed by atoms with Crippen molar-refractivity contribution in [2.75, 3.05) is 32.9 Å². The van der Waals surface area contributed by atoms with E-state index in [1.807, 2.05) is 0 Å². The van der Waals surface area contributed by atoms with Crippen LogP contribution in [-0.2, 0) is 9.47 Å². The highest BCUT2D eigenvalue weighted by molar-refractivity contribution is 5.80. The van der Waals surface area contributed by atoms with E-state index in [1.54, 1.807) is 0 Å². The van der Waals surface area contributed by atoms with Crippen molar-refractivity contribution in [3.05, 3.63) is 35.4 Å². The molecule has 2 rings (SSSR count). The summed E-state index contributed by atoms with van der Waals surface area (Å²) in [7, 11) is 0. The highest BCUT2D eigenvalue weighted by atomic mass is 16.5. The van der Waals surface area contributed by atoms with Crippen molar-refractivity contribution in [2.24, 2.45) is 4.99 Å². The lowest BCUT2D eigenvalue weighted by Gasteiger charge is -2.20. The van der Waals surface area contributed by atoms with Crippen LogP contribution in [-0.4, -0.2) is 51.0 Å². The second-order valence-electron chi connectivity index (χ2n) is 6.90. The minimum absolute atomic E-state index is 0.202. The van der Waals surface area contributed by atoms with Gasteiger partial charge in [0.25, 0.3) is 0 Å². The molecule has 1 fully saturated rings. The van der Waals surface area contributed by atoms with Crippen LogP contribution in [0.3, 0.4) is 0 Å². The van der Waals surface area contributed by atoms with Crippen LogP contribution in [0.2, 0.25) is 0 Å². The van der Waals surface area contributed by atoms with E-state index in [-0.39, 0.29) is 12.1 Å². The summed E-state index contributed by atoms with van der Waals surface area (Å²) in [6.07, 6.45) is 1.24. The topological polar surface area (TPSA) is 54.9 Å². The van der Waals surface area contributed by atoms with Gasteiger partial charge in [-0.2, -0.15) is 0 Å². The molecule has 0 aromatic heterocycles. The number of aliphatic imine (C=N–C) groups is 1. The minimum Gasteiger partial charge on any atom is -0.379 e. The maximum atomic E-state index is 5.88. The van der Waals surface area contributed by atoms with E-state index < -0.39 is 0 Å². The molecule has 1 heterocycles. The summed E-state index contributed by atoms with van der Waals surface area (Å²) >= 11 is 0. The van der Waals surface area contributed by atoms with Gasteiger partial charge in [-0.15, -0.1) is 0 Å². The van der Waals surface area contributed by atoms with Gasteiger partial charge in [-0.05, 0) is 32.8 Å². The standard InChI is InChI=1S/C20H33N3O2/c1-5-21-20(23-17(4)13-25-19-10-11-24-14-19)22-12-16(3)18-8-6-15(2)7-9-18/h6-9,16-17,19H,5,10-14H2,1-4H3,(H2,21,22,23). The molecule has 3 unspecified atom stereocenters. The molecule has 0 saturated carbocycles. The number of benzene rings is 1. The number of ether oxygens (including phenoxy) is 2. The first kappa shape index (κ1) is 19.7. The Morgan fingerprint density at radius 3 is 2.72 bits per heavy atom. The molecular weight excluding hydrogens is 314 g/mol. The third kappa shape index (κ3) is 7.04. The van der Waals surface area contributed by atoms with Gasteiger partial charge >= 0.3 is 0 Å². The van der Waals surface area contributed by atoms with Crippen molar-refractivity contribution < 1.29 is 9.47 Å². The van der Waals surface area contributed by atoms with Crippen LogP contribution in [0.1, 0.15) is 44.2 Å². The molecule has 0 radical (unpaired) electrons. The van der Waals surface area contributed by atoms with Crippen molar-refractivity contribution in [3.63, 3.8) is 0 Å². The van der Waals surface area contributed by atoms with Gasteiger partial charge in [0.05, 0.1) is 19.3 Å². The lowest BCUT2D eigenvalue weighted by Crippen LogP contribution is -2.44. The molecule has 5 nitrogen and oxygen atoms in total. The third-order valence-corrected chi connectivity index (χ3v) is 4.37. The van der Waals surface area contributed by atoms with Crippen LogP contribution in [0.5, 0.6) is 0 Å². The molecule has 0 amide bonds. The first-order valence-electron chi connectivity index (χ1n) is 9.39. The second-order valence-corrected chi connectivity index (χ2v) is 6.90. The minimum atomic E-state index is 0.202. The highest BCUT2D eigenvalue weighted by Crippen LogP contribution is 2.16. The average molecular weight is 348 g/mol. The summed E-state index contributed by atoms with van der Waals surface area (Å²) in [6.45, 7) is 12.3. The Bertz CT molecular complexity index is 524. The Morgan fingerprint density at radius 2 is 2.08 bits per heavy atom. The SMILES string of the molecule is CCNC(=NCC(C)c1ccc(C)cc1)NC(C)COC1CCOC1. The number of hydrogen-bond donors (Lipinski definition) is 2. The van der Waals surface area contributed by atoms with Crippen LogP contribution in [0.25, 0.3) is 0 Å². The van der Waals surface area contributed by atoms with Crippen molar-refractivity contribution in [2.45, 2.75) is 52.2 Å². The van der Waals surface area contributed by atoms with E-state index in [0.717, 1.165) is 38.7 Å². The van der Waals surface area contributed by atoms with Crippen LogP contribution in [0.15, 0.2) is 29.3 Å². The van der Waals surface area contributed by atoms with Gasteiger partial charge in [-0.3, -0.25) is 4.99 Å². The number of guanidine groups is 1. The summed E-state index contributed by atoms with van der Waals surface area (Å²) in [5.41, 5.74) is 2.61. The summed E-state index contributed by atoms with van der Waals surface area (Å²) < 4.78 is 11.2. The normalized spacial score (nSPS) is 20.3. The lowest BCUT2D eigenvalue weighted by molar-refractivity contribution is 0.0347. The number of nitrogens with zero attached hydrogens (tertiary/aromatic N) is 1. The highest BCUT2D eigenvalue weighted by Gasteiger charge is 2.17. The van der Waals surface area contributed by atoms with Crippen LogP contribution < -0.4 is 10.6 Å². The first-order chi connectivity index (χ1) is 12.1. The van der Waals surface area contributed by atoms with Gasteiger partial charge in [0.1, 0.15) is 0 Å². The fraction of sp³-hybridized carbons (Fsp3) is 0.650. The predicted molar refractivity (Wildman–Crippen MR) is 103 cm³/mol. The van der Waals surface area contributed by atoms with E-state index in [2.05, 4.69) is 62.6 Å². The third-order valence-electron chi connectivity index (χ3n) is 4.37. The molecule has 0 spiro atoms. The first-order valence-corrected chi connectivity index (χ1v) is 9.39. The second kappa shape index (κ2) is 10.4. The van der Waals surface area contributed by atoms with Gasteiger partial charge < -0.3 is 20.1 Å². The van der Waals surface area contributed by atoms with Crippen molar-refractivity contribution in [1.82, 2.24) is 10.6 Å². The Morgan fingerprint density at radius 1 is 1.32 bits per heavy atom. The Kier molecular flexibility index (Phi) is 8.22. The maximum absolute atomic E-state index is 5.88. The summed E-state index contributed by atoms with van der Waals surface area (Å²) in [5.74, 6) is 1.23. The number of nitrogens with one attached hydrogen (secondary N) is 2. The van der Waals surface area contributed by atoms with Gasteiger partial charge in [0, 0.05) is 31.7 Å². The number of rotatable bonds is 8. The molecule has 2 N–H and O–H groups in total. The van der Waals surface area contributed by atoms with Gasteiger partial charge in [0.2, 0.25) is 0 Å². The zero-order chi connectivity index (χ0) is 18.1. The fourth-order valence-electron chi connectivity index (χ4n) is 2.75. The monoisotopic (exact) mass is 347 g/mol. The quantitative estimate of drug-likeness (QED) is 0.561. The molecule has 1 aromatic carbocycles. The molecule has 0 bridgehead atoms. The predicted octanol–water partition coefficient (Wildman–Crippen LogP) is 2.85. The Labute approximate surface area is 152 Å². The lowest BCUT2D eigenvalue weighted by atomic mass is 10.0. The summed E-state index contributed by atoms with van der Waals surface area (Å²) in [5, 5.41) is 6.75. The maximum Gasteiger partial charge on any atom is 0.191 e. The number of aryl methyl sites for hydroxylation is 1. The van der Waals surface area contributed by atoms with Crippen LogP contribution in [0.4, 0.5) is 0 Å². The van der Waals surface area contributed by atoms with Gasteiger partial charge in [0.15, 0.2) is 5.96 Å². The molecule has 1 saturated heterocycles. The molecule has 140 valence electrons. The molecule has 1 aliphatic rings. The molecule has 25 heavy (non-hydrogen) atoms. The molecule has 3 atom stereocenters. The zero-order valence-corrected chi connectivity index (χ0v) is 16.0. The van der Waals surface area contributed by atoms with Crippen LogP contribution in [0, 0.1) is 6.92 Å². The molecular formula is C20H33N3O2. The Balaban J connectivity index is 1.82. The van der Waals surface area contributed by atoms with E-state index in [9.17, 15) is 0 Å². The van der Waals surface area contributed by atoms with E-state index in [0.29, 0.717) is 12.5 Å². The van der Waals surface area contributed by atoms with E-state index >= 15 is 0 Å². The molecule has 0 aliphatic carbocycles. The fourth-order valence-corrected chi connectivity index (χ4v) is 2.75. The van der Waals surface area contributed by atoms with Crippen LogP contribution >= 0.6 is 0 Å². The van der Waals surface area contributed by atoms with E-state index in [1.165, 1.54) is 11.1 Å². The summed E-state index contributed by atoms with van der Waals surface area (Å²) in [6, 6.07) is 8.90. The molecule has 1 aliphatic heterocycles. The molecule has 1 aromatic rings. The average Bonchev–Trinajstić information content (AvgIpc) is 3.12. The Hall–Kier alpha value is -1.59. The largest absolute Gasteiger partial charge is 0.379 e. The summed E-state index contributed by atoms with van der Waals surface area (Å²) in [4.78, 5) is 4.75. The van der Waals surface area contributed by atoms with Gasteiger partial charge in [-0.25, -0.2) is 0 Å². The zero-order valence-electron chi connectivity index (χ0n) is 16.0. The van der Waals surface area contributed by atoms with Gasteiger partial charge in [-0.1, -0.05) is 36.8 Å². The van der Waals surface area contributed by atoms with Crippen molar-refractivity contribution >= 4 is 5.96 Å².